The van der Waals surface area contributed by atoms with Crippen LogP contribution in [0.4, 0.5) is 0 Å². The maximum Gasteiger partial charge on any atom is 0.221 e. The SMILES string of the molecule is CCCCCN(C)C(CN)CC(=O)NCC. The molecule has 0 rings (SSSR count). The standard InChI is InChI=1S/C12H27N3O/c1-4-6-7-8-15(3)11(10-13)9-12(16)14-5-2/h11H,4-10,13H2,1-3H3,(H,14,16). The summed E-state index contributed by atoms with van der Waals surface area (Å²) in [5.74, 6) is 0.0975. The molecule has 4 heteroatoms. The van der Waals surface area contributed by atoms with Crippen LogP contribution in [0.1, 0.15) is 39.5 Å². The Balaban J connectivity index is 3.90. The van der Waals surface area contributed by atoms with Crippen LogP contribution in [-0.4, -0.2) is 43.5 Å². The summed E-state index contributed by atoms with van der Waals surface area (Å²) in [6.45, 7) is 6.37. The predicted octanol–water partition coefficient (Wildman–Crippen LogP) is 0.962. The van der Waals surface area contributed by atoms with Crippen LogP contribution in [0.15, 0.2) is 0 Å². The fourth-order valence-corrected chi connectivity index (χ4v) is 1.70. The van der Waals surface area contributed by atoms with Gasteiger partial charge in [0, 0.05) is 25.6 Å². The monoisotopic (exact) mass is 229 g/mol. The van der Waals surface area contributed by atoms with E-state index in [1.807, 2.05) is 14.0 Å². The topological polar surface area (TPSA) is 58.4 Å². The lowest BCUT2D eigenvalue weighted by Gasteiger charge is -2.26. The minimum atomic E-state index is 0.0975. The highest BCUT2D eigenvalue weighted by Gasteiger charge is 2.16. The molecule has 4 nitrogen and oxygen atoms in total. The van der Waals surface area contributed by atoms with Gasteiger partial charge in [-0.2, -0.15) is 0 Å². The molecule has 0 aliphatic carbocycles. The average Bonchev–Trinajstić information content (AvgIpc) is 2.26. The molecule has 0 bridgehead atoms. The van der Waals surface area contributed by atoms with Crippen molar-refractivity contribution >= 4 is 5.91 Å². The Kier molecular flexibility index (Phi) is 9.24. The number of rotatable bonds is 9. The highest BCUT2D eigenvalue weighted by atomic mass is 16.1. The van der Waals surface area contributed by atoms with Crippen molar-refractivity contribution in [2.24, 2.45) is 5.73 Å². The van der Waals surface area contributed by atoms with Crippen molar-refractivity contribution in [2.45, 2.75) is 45.6 Å². The Hall–Kier alpha value is -0.610. The van der Waals surface area contributed by atoms with E-state index in [4.69, 9.17) is 5.73 Å². The van der Waals surface area contributed by atoms with Gasteiger partial charge >= 0.3 is 0 Å². The highest BCUT2D eigenvalue weighted by Crippen LogP contribution is 2.04. The molecule has 0 spiro atoms. The zero-order chi connectivity index (χ0) is 12.4. The summed E-state index contributed by atoms with van der Waals surface area (Å²) in [6, 6.07) is 0.170. The van der Waals surface area contributed by atoms with Crippen LogP contribution in [0, 0.1) is 0 Å². The summed E-state index contributed by atoms with van der Waals surface area (Å²) in [7, 11) is 2.05. The molecule has 0 aliphatic heterocycles. The molecule has 0 fully saturated rings. The van der Waals surface area contributed by atoms with E-state index in [-0.39, 0.29) is 11.9 Å². The van der Waals surface area contributed by atoms with E-state index in [9.17, 15) is 4.79 Å². The van der Waals surface area contributed by atoms with Gasteiger partial charge in [0.15, 0.2) is 0 Å². The Labute approximate surface area is 99.6 Å². The van der Waals surface area contributed by atoms with Gasteiger partial charge in [-0.1, -0.05) is 19.8 Å². The Bertz CT molecular complexity index is 185. The number of amides is 1. The second-order valence-electron chi connectivity index (χ2n) is 4.23. The molecule has 0 aromatic rings. The molecule has 1 unspecified atom stereocenters. The minimum absolute atomic E-state index is 0.0975. The number of hydrogen-bond acceptors (Lipinski definition) is 3. The largest absolute Gasteiger partial charge is 0.356 e. The van der Waals surface area contributed by atoms with Gasteiger partial charge in [0.1, 0.15) is 0 Å². The summed E-state index contributed by atoms with van der Waals surface area (Å²) in [4.78, 5) is 13.7. The number of nitrogens with zero attached hydrogens (tertiary/aromatic N) is 1. The van der Waals surface area contributed by atoms with E-state index in [1.54, 1.807) is 0 Å². The molecule has 0 heterocycles. The molecular formula is C12H27N3O. The van der Waals surface area contributed by atoms with Crippen molar-refractivity contribution in [1.29, 1.82) is 0 Å². The number of carbonyl (C=O) groups is 1. The van der Waals surface area contributed by atoms with Crippen LogP contribution in [0.2, 0.25) is 0 Å². The molecular weight excluding hydrogens is 202 g/mol. The first kappa shape index (κ1) is 15.4. The van der Waals surface area contributed by atoms with Gasteiger partial charge in [-0.3, -0.25) is 4.79 Å². The zero-order valence-corrected chi connectivity index (χ0v) is 11.0. The van der Waals surface area contributed by atoms with E-state index in [0.29, 0.717) is 19.5 Å². The number of nitrogens with two attached hydrogens (primary N) is 1. The van der Waals surface area contributed by atoms with Crippen LogP contribution < -0.4 is 11.1 Å². The minimum Gasteiger partial charge on any atom is -0.356 e. The first-order valence-corrected chi connectivity index (χ1v) is 6.32. The molecule has 0 saturated heterocycles. The lowest BCUT2D eigenvalue weighted by atomic mass is 10.1. The third-order valence-corrected chi connectivity index (χ3v) is 2.80. The number of likely N-dealkylation sites (N-methyl/N-ethyl adjacent to an activating group) is 1. The molecule has 1 atom stereocenters. The van der Waals surface area contributed by atoms with Crippen molar-refractivity contribution in [3.05, 3.63) is 0 Å². The first-order chi connectivity index (χ1) is 7.65. The van der Waals surface area contributed by atoms with Crippen LogP contribution in [-0.2, 0) is 4.79 Å². The van der Waals surface area contributed by atoms with E-state index >= 15 is 0 Å². The number of hydrogen-bond donors (Lipinski definition) is 2. The lowest BCUT2D eigenvalue weighted by Crippen LogP contribution is -2.42. The van der Waals surface area contributed by atoms with Crippen molar-refractivity contribution in [1.82, 2.24) is 10.2 Å². The molecule has 3 N–H and O–H groups in total. The molecule has 0 aromatic heterocycles. The van der Waals surface area contributed by atoms with Gasteiger partial charge < -0.3 is 16.0 Å². The molecule has 0 radical (unpaired) electrons. The molecule has 1 amide bonds. The fraction of sp³-hybridized carbons (Fsp3) is 0.917. The average molecular weight is 229 g/mol. The summed E-state index contributed by atoms with van der Waals surface area (Å²) in [5.41, 5.74) is 5.70. The number of nitrogens with one attached hydrogen (secondary N) is 1. The van der Waals surface area contributed by atoms with Crippen molar-refractivity contribution in [3.63, 3.8) is 0 Å². The van der Waals surface area contributed by atoms with Crippen LogP contribution in [0.3, 0.4) is 0 Å². The summed E-state index contributed by atoms with van der Waals surface area (Å²) < 4.78 is 0. The number of carbonyl (C=O) groups excluding carboxylic acids is 1. The third kappa shape index (κ3) is 6.80. The maximum atomic E-state index is 11.5. The van der Waals surface area contributed by atoms with Gasteiger partial charge in [-0.05, 0) is 26.9 Å². The van der Waals surface area contributed by atoms with Gasteiger partial charge in [-0.25, -0.2) is 0 Å². The first-order valence-electron chi connectivity index (χ1n) is 6.32. The van der Waals surface area contributed by atoms with E-state index in [0.717, 1.165) is 6.54 Å². The molecule has 0 aliphatic rings. The van der Waals surface area contributed by atoms with E-state index in [2.05, 4.69) is 17.1 Å². The predicted molar refractivity (Wildman–Crippen MR) is 68.3 cm³/mol. The fourth-order valence-electron chi connectivity index (χ4n) is 1.70. The van der Waals surface area contributed by atoms with Crippen molar-refractivity contribution in [3.8, 4) is 0 Å². The third-order valence-electron chi connectivity index (χ3n) is 2.80. The van der Waals surface area contributed by atoms with Crippen LogP contribution >= 0.6 is 0 Å². The summed E-state index contributed by atoms with van der Waals surface area (Å²) in [6.07, 6.45) is 4.14. The molecule has 16 heavy (non-hydrogen) atoms. The van der Waals surface area contributed by atoms with Gasteiger partial charge in [0.25, 0.3) is 0 Å². The molecule has 0 aromatic carbocycles. The zero-order valence-electron chi connectivity index (χ0n) is 11.0. The maximum absolute atomic E-state index is 11.5. The van der Waals surface area contributed by atoms with Crippen LogP contribution in [0.5, 0.6) is 0 Å². The van der Waals surface area contributed by atoms with Crippen LogP contribution in [0.25, 0.3) is 0 Å². The molecule has 96 valence electrons. The van der Waals surface area contributed by atoms with Gasteiger partial charge in [0.2, 0.25) is 5.91 Å². The van der Waals surface area contributed by atoms with Crippen molar-refractivity contribution < 1.29 is 4.79 Å². The highest BCUT2D eigenvalue weighted by molar-refractivity contribution is 5.76. The van der Waals surface area contributed by atoms with Crippen molar-refractivity contribution in [2.75, 3.05) is 26.7 Å². The van der Waals surface area contributed by atoms with E-state index in [1.165, 1.54) is 19.3 Å². The summed E-state index contributed by atoms with van der Waals surface area (Å²) >= 11 is 0. The normalized spacial score (nSPS) is 12.8. The lowest BCUT2D eigenvalue weighted by molar-refractivity contribution is -0.122. The van der Waals surface area contributed by atoms with E-state index < -0.39 is 0 Å². The van der Waals surface area contributed by atoms with Gasteiger partial charge in [-0.15, -0.1) is 0 Å². The molecule has 0 saturated carbocycles. The quantitative estimate of drug-likeness (QED) is 0.579. The Morgan fingerprint density at radius 2 is 2.06 bits per heavy atom. The Morgan fingerprint density at radius 1 is 1.38 bits per heavy atom. The number of unbranched alkanes of at least 4 members (excludes halogenated alkanes) is 2. The smallest absolute Gasteiger partial charge is 0.221 e. The summed E-state index contributed by atoms with van der Waals surface area (Å²) in [5, 5.41) is 2.81. The second-order valence-corrected chi connectivity index (χ2v) is 4.23. The van der Waals surface area contributed by atoms with Gasteiger partial charge in [0.05, 0.1) is 0 Å². The Morgan fingerprint density at radius 3 is 2.56 bits per heavy atom. The second kappa shape index (κ2) is 9.60.